The maximum absolute atomic E-state index is 13.7. The standard InChI is InChI=1S/C27H38N4O5S/c1-28-26(33)23(15-22-12-8-14-37-22)31(3)27(34)24(18-35-16-20-9-5-4-6-10-20)30(2)25(32)19-36-17-21-11-7-13-29-21/h4-6,8-10,12,14,21,23-24,29H,7,11,13,15-19H2,1-3H3,(H,28,33)/t21-,23+,24+/m0/s1. The molecule has 0 saturated carbocycles. The van der Waals surface area contributed by atoms with Crippen LogP contribution in [-0.4, -0.2) is 93.2 Å². The molecular weight excluding hydrogens is 492 g/mol. The zero-order valence-electron chi connectivity index (χ0n) is 21.9. The molecule has 2 aromatic rings. The predicted octanol–water partition coefficient (Wildman–Crippen LogP) is 1.68. The summed E-state index contributed by atoms with van der Waals surface area (Å²) in [6, 6.07) is 12.1. The molecule has 202 valence electrons. The molecule has 9 nitrogen and oxygen atoms in total. The van der Waals surface area contributed by atoms with Crippen molar-refractivity contribution in [2.24, 2.45) is 0 Å². The Bertz CT molecular complexity index is 982. The zero-order chi connectivity index (χ0) is 26.6. The SMILES string of the molecule is CNC(=O)[C@@H](Cc1cccs1)N(C)C(=O)[C@@H](COCc1ccccc1)N(C)C(=O)COC[C@@H]1CCCN1. The van der Waals surface area contributed by atoms with Gasteiger partial charge in [-0.3, -0.25) is 14.4 Å². The Kier molecular flexibility index (Phi) is 11.5. The first-order chi connectivity index (χ1) is 17.9. The molecular formula is C27H38N4O5S. The fourth-order valence-corrected chi connectivity index (χ4v) is 5.00. The molecule has 10 heteroatoms. The number of thiophene rings is 1. The highest BCUT2D eigenvalue weighted by Crippen LogP contribution is 2.16. The number of hydrogen-bond donors (Lipinski definition) is 2. The summed E-state index contributed by atoms with van der Waals surface area (Å²) in [7, 11) is 4.73. The number of rotatable bonds is 14. The summed E-state index contributed by atoms with van der Waals surface area (Å²) < 4.78 is 11.5. The summed E-state index contributed by atoms with van der Waals surface area (Å²) >= 11 is 1.53. The molecule has 3 amide bonds. The van der Waals surface area contributed by atoms with Gasteiger partial charge in [-0.05, 0) is 36.4 Å². The van der Waals surface area contributed by atoms with E-state index in [1.54, 1.807) is 21.1 Å². The van der Waals surface area contributed by atoms with Crippen LogP contribution < -0.4 is 10.6 Å². The molecule has 1 aliphatic rings. The van der Waals surface area contributed by atoms with Gasteiger partial charge in [0.1, 0.15) is 18.7 Å². The van der Waals surface area contributed by atoms with Crippen molar-refractivity contribution in [2.45, 2.75) is 44.0 Å². The maximum atomic E-state index is 13.7. The van der Waals surface area contributed by atoms with Crippen molar-refractivity contribution in [3.05, 3.63) is 58.3 Å². The van der Waals surface area contributed by atoms with E-state index in [0.29, 0.717) is 19.6 Å². The molecule has 2 heterocycles. The summed E-state index contributed by atoms with van der Waals surface area (Å²) in [4.78, 5) is 43.3. The third-order valence-electron chi connectivity index (χ3n) is 6.58. The lowest BCUT2D eigenvalue weighted by atomic mass is 10.1. The number of benzene rings is 1. The highest BCUT2D eigenvalue weighted by Gasteiger charge is 2.35. The molecule has 1 aromatic heterocycles. The van der Waals surface area contributed by atoms with Crippen LogP contribution in [0.1, 0.15) is 23.3 Å². The number of ether oxygens (including phenoxy) is 2. The summed E-state index contributed by atoms with van der Waals surface area (Å²) in [6.07, 6.45) is 2.50. The van der Waals surface area contributed by atoms with Crippen molar-refractivity contribution < 1.29 is 23.9 Å². The van der Waals surface area contributed by atoms with Crippen LogP contribution in [0, 0.1) is 0 Å². The molecule has 1 saturated heterocycles. The topological polar surface area (TPSA) is 100 Å². The average Bonchev–Trinajstić information content (AvgIpc) is 3.63. The van der Waals surface area contributed by atoms with Crippen LogP contribution in [0.5, 0.6) is 0 Å². The summed E-state index contributed by atoms with van der Waals surface area (Å²) in [6.45, 7) is 1.57. The van der Waals surface area contributed by atoms with Gasteiger partial charge in [-0.25, -0.2) is 0 Å². The van der Waals surface area contributed by atoms with Gasteiger partial charge in [0.15, 0.2) is 0 Å². The Balaban J connectivity index is 1.69. The first kappa shape index (κ1) is 28.8. The van der Waals surface area contributed by atoms with Crippen molar-refractivity contribution in [1.82, 2.24) is 20.4 Å². The van der Waals surface area contributed by atoms with E-state index in [0.717, 1.165) is 29.8 Å². The number of nitrogens with one attached hydrogen (secondary N) is 2. The van der Waals surface area contributed by atoms with Crippen LogP contribution in [0.2, 0.25) is 0 Å². The Morgan fingerprint density at radius 3 is 2.51 bits per heavy atom. The molecule has 0 radical (unpaired) electrons. The number of carbonyl (C=O) groups is 3. The van der Waals surface area contributed by atoms with Crippen molar-refractivity contribution in [3.8, 4) is 0 Å². The van der Waals surface area contributed by atoms with E-state index < -0.39 is 12.1 Å². The monoisotopic (exact) mass is 530 g/mol. The van der Waals surface area contributed by atoms with Gasteiger partial charge >= 0.3 is 0 Å². The van der Waals surface area contributed by atoms with Crippen LogP contribution in [0.25, 0.3) is 0 Å². The predicted molar refractivity (Wildman–Crippen MR) is 143 cm³/mol. The van der Waals surface area contributed by atoms with Crippen LogP contribution in [0.4, 0.5) is 0 Å². The summed E-state index contributed by atoms with van der Waals surface area (Å²) in [5, 5.41) is 7.93. The van der Waals surface area contributed by atoms with Crippen LogP contribution in [0.15, 0.2) is 47.8 Å². The van der Waals surface area contributed by atoms with E-state index >= 15 is 0 Å². The van der Waals surface area contributed by atoms with E-state index in [1.165, 1.54) is 21.1 Å². The second kappa shape index (κ2) is 14.8. The average molecular weight is 531 g/mol. The Morgan fingerprint density at radius 1 is 1.08 bits per heavy atom. The number of likely N-dealkylation sites (N-methyl/N-ethyl adjacent to an activating group) is 3. The molecule has 0 aliphatic carbocycles. The molecule has 1 aliphatic heterocycles. The minimum Gasteiger partial charge on any atom is -0.374 e. The first-order valence-electron chi connectivity index (χ1n) is 12.6. The molecule has 1 aromatic carbocycles. The third-order valence-corrected chi connectivity index (χ3v) is 7.48. The van der Waals surface area contributed by atoms with E-state index in [4.69, 9.17) is 9.47 Å². The fourth-order valence-electron chi connectivity index (χ4n) is 4.25. The maximum Gasteiger partial charge on any atom is 0.249 e. The molecule has 3 atom stereocenters. The molecule has 0 bridgehead atoms. The van der Waals surface area contributed by atoms with Crippen LogP contribution >= 0.6 is 11.3 Å². The summed E-state index contributed by atoms with van der Waals surface area (Å²) in [5.41, 5.74) is 0.962. The lowest BCUT2D eigenvalue weighted by Crippen LogP contribution is -2.56. The minimum absolute atomic E-state index is 0.00997. The fraction of sp³-hybridized carbons (Fsp3) is 0.519. The molecule has 0 unspecified atom stereocenters. The second-order valence-electron chi connectivity index (χ2n) is 9.19. The first-order valence-corrected chi connectivity index (χ1v) is 13.5. The van der Waals surface area contributed by atoms with Gasteiger partial charge in [0.2, 0.25) is 17.7 Å². The van der Waals surface area contributed by atoms with Gasteiger partial charge in [-0.15, -0.1) is 11.3 Å². The van der Waals surface area contributed by atoms with Crippen molar-refractivity contribution in [1.29, 1.82) is 0 Å². The van der Waals surface area contributed by atoms with Gasteiger partial charge in [0, 0.05) is 38.5 Å². The van der Waals surface area contributed by atoms with Crippen molar-refractivity contribution in [2.75, 3.05) is 47.5 Å². The van der Waals surface area contributed by atoms with Crippen LogP contribution in [0.3, 0.4) is 0 Å². The Morgan fingerprint density at radius 2 is 1.86 bits per heavy atom. The largest absolute Gasteiger partial charge is 0.374 e. The Labute approximate surface area is 223 Å². The molecule has 3 rings (SSSR count). The van der Waals surface area contributed by atoms with Gasteiger partial charge in [-0.2, -0.15) is 0 Å². The molecule has 37 heavy (non-hydrogen) atoms. The highest BCUT2D eigenvalue weighted by molar-refractivity contribution is 7.09. The number of carbonyl (C=O) groups excluding carboxylic acids is 3. The van der Waals surface area contributed by atoms with E-state index in [1.807, 2.05) is 47.8 Å². The zero-order valence-corrected chi connectivity index (χ0v) is 22.7. The van der Waals surface area contributed by atoms with E-state index in [2.05, 4.69) is 10.6 Å². The van der Waals surface area contributed by atoms with Gasteiger partial charge in [0.25, 0.3) is 0 Å². The van der Waals surface area contributed by atoms with Gasteiger partial charge < -0.3 is 29.9 Å². The quantitative estimate of drug-likeness (QED) is 0.386. The van der Waals surface area contributed by atoms with Gasteiger partial charge in [0.05, 0.1) is 19.8 Å². The number of hydrogen-bond acceptors (Lipinski definition) is 7. The number of amides is 3. The number of nitrogens with zero attached hydrogens (tertiary/aromatic N) is 2. The molecule has 1 fully saturated rings. The minimum atomic E-state index is -0.912. The van der Waals surface area contributed by atoms with E-state index in [9.17, 15) is 14.4 Å². The molecule has 2 N–H and O–H groups in total. The van der Waals surface area contributed by atoms with Crippen LogP contribution in [-0.2, 0) is 36.9 Å². The second-order valence-corrected chi connectivity index (χ2v) is 10.2. The third kappa shape index (κ3) is 8.63. The highest BCUT2D eigenvalue weighted by atomic mass is 32.1. The van der Waals surface area contributed by atoms with Gasteiger partial charge in [-0.1, -0.05) is 36.4 Å². The molecule has 0 spiro atoms. The lowest BCUT2D eigenvalue weighted by molar-refractivity contribution is -0.151. The van der Waals surface area contributed by atoms with Crippen molar-refractivity contribution in [3.63, 3.8) is 0 Å². The normalized spacial score (nSPS) is 16.7. The Hall–Kier alpha value is -2.79. The van der Waals surface area contributed by atoms with E-state index in [-0.39, 0.29) is 37.0 Å². The van der Waals surface area contributed by atoms with Crippen molar-refractivity contribution >= 4 is 29.1 Å². The smallest absolute Gasteiger partial charge is 0.249 e. The lowest BCUT2D eigenvalue weighted by Gasteiger charge is -2.34. The summed E-state index contributed by atoms with van der Waals surface area (Å²) in [5.74, 6) is -0.955.